The van der Waals surface area contributed by atoms with E-state index in [-0.39, 0.29) is 6.79 Å². The predicted octanol–water partition coefficient (Wildman–Crippen LogP) is 2.72. The maximum Gasteiger partial charge on any atom is 0.231 e. The van der Waals surface area contributed by atoms with E-state index >= 15 is 0 Å². The van der Waals surface area contributed by atoms with Crippen molar-refractivity contribution in [1.29, 1.82) is 0 Å². The van der Waals surface area contributed by atoms with E-state index in [1.165, 1.54) is 0 Å². The molecule has 118 valence electrons. The summed E-state index contributed by atoms with van der Waals surface area (Å²) in [5.41, 5.74) is 1.13. The number of ether oxygens (including phenoxy) is 4. The standard InChI is InChI=1S/C16H25NO4/c1-12(2)19-7-5-4-6-17-10-13-8-14(18-3)16-15(9-13)20-11-21-16/h8-9,12,17H,4-7,10-11H2,1-3H3. The van der Waals surface area contributed by atoms with Crippen LogP contribution >= 0.6 is 0 Å². The Kier molecular flexibility index (Phi) is 6.14. The first-order chi connectivity index (χ1) is 10.2. The summed E-state index contributed by atoms with van der Waals surface area (Å²) in [5.74, 6) is 2.19. The summed E-state index contributed by atoms with van der Waals surface area (Å²) in [6.45, 7) is 6.97. The lowest BCUT2D eigenvalue weighted by molar-refractivity contribution is 0.0760. The normalized spacial score (nSPS) is 13.0. The van der Waals surface area contributed by atoms with Crippen molar-refractivity contribution in [2.75, 3.05) is 27.1 Å². The Labute approximate surface area is 126 Å². The van der Waals surface area contributed by atoms with E-state index < -0.39 is 0 Å². The quantitative estimate of drug-likeness (QED) is 0.710. The molecule has 1 aliphatic rings. The number of methoxy groups -OCH3 is 1. The second kappa shape index (κ2) is 8.10. The largest absolute Gasteiger partial charge is 0.493 e. The average molecular weight is 295 g/mol. The van der Waals surface area contributed by atoms with Gasteiger partial charge < -0.3 is 24.3 Å². The summed E-state index contributed by atoms with van der Waals surface area (Å²) in [5, 5.41) is 3.42. The number of unbranched alkanes of at least 4 members (excludes halogenated alkanes) is 1. The fourth-order valence-electron chi connectivity index (χ4n) is 2.19. The molecule has 1 aliphatic heterocycles. The fraction of sp³-hybridized carbons (Fsp3) is 0.625. The van der Waals surface area contributed by atoms with Gasteiger partial charge in [-0.2, -0.15) is 0 Å². The Morgan fingerprint density at radius 1 is 1.24 bits per heavy atom. The van der Waals surface area contributed by atoms with E-state index in [1.807, 2.05) is 12.1 Å². The minimum absolute atomic E-state index is 0.262. The first-order valence-corrected chi connectivity index (χ1v) is 7.49. The van der Waals surface area contributed by atoms with Crippen LogP contribution in [0.15, 0.2) is 12.1 Å². The molecule has 1 heterocycles. The Balaban J connectivity index is 1.71. The Bertz CT molecular complexity index is 448. The van der Waals surface area contributed by atoms with Crippen LogP contribution in [-0.2, 0) is 11.3 Å². The molecule has 5 nitrogen and oxygen atoms in total. The molecule has 0 bridgehead atoms. The highest BCUT2D eigenvalue weighted by atomic mass is 16.7. The molecule has 1 aromatic carbocycles. The third-order valence-corrected chi connectivity index (χ3v) is 3.25. The lowest BCUT2D eigenvalue weighted by atomic mass is 10.2. The molecule has 0 aromatic heterocycles. The minimum Gasteiger partial charge on any atom is -0.493 e. The Morgan fingerprint density at radius 2 is 2.10 bits per heavy atom. The van der Waals surface area contributed by atoms with Crippen LogP contribution in [0.2, 0.25) is 0 Å². The van der Waals surface area contributed by atoms with Crippen molar-refractivity contribution in [2.24, 2.45) is 0 Å². The molecule has 0 aliphatic carbocycles. The zero-order valence-corrected chi connectivity index (χ0v) is 13.1. The third kappa shape index (κ3) is 4.79. The van der Waals surface area contributed by atoms with Crippen LogP contribution in [0.5, 0.6) is 17.2 Å². The zero-order valence-electron chi connectivity index (χ0n) is 13.1. The minimum atomic E-state index is 0.262. The smallest absolute Gasteiger partial charge is 0.231 e. The number of hydrogen-bond acceptors (Lipinski definition) is 5. The van der Waals surface area contributed by atoms with Gasteiger partial charge in [0.2, 0.25) is 12.5 Å². The van der Waals surface area contributed by atoms with Gasteiger partial charge in [0, 0.05) is 13.2 Å². The van der Waals surface area contributed by atoms with Crippen LogP contribution < -0.4 is 19.5 Å². The summed E-state index contributed by atoms with van der Waals surface area (Å²) >= 11 is 0. The van der Waals surface area contributed by atoms with Crippen molar-refractivity contribution < 1.29 is 18.9 Å². The van der Waals surface area contributed by atoms with Gasteiger partial charge in [-0.25, -0.2) is 0 Å². The van der Waals surface area contributed by atoms with Gasteiger partial charge >= 0.3 is 0 Å². The first-order valence-electron chi connectivity index (χ1n) is 7.49. The molecule has 0 atom stereocenters. The van der Waals surface area contributed by atoms with Crippen molar-refractivity contribution in [3.05, 3.63) is 17.7 Å². The third-order valence-electron chi connectivity index (χ3n) is 3.25. The zero-order chi connectivity index (χ0) is 15.1. The van der Waals surface area contributed by atoms with E-state index in [0.29, 0.717) is 11.9 Å². The highest BCUT2D eigenvalue weighted by Crippen LogP contribution is 2.41. The lowest BCUT2D eigenvalue weighted by Crippen LogP contribution is -2.15. The SMILES string of the molecule is COc1cc(CNCCCCOC(C)C)cc2c1OCO2. The highest BCUT2D eigenvalue weighted by Gasteiger charge is 2.19. The second-order valence-corrected chi connectivity index (χ2v) is 5.34. The molecule has 0 saturated carbocycles. The van der Waals surface area contributed by atoms with Crippen LogP contribution in [0.25, 0.3) is 0 Å². The van der Waals surface area contributed by atoms with Crippen molar-refractivity contribution >= 4 is 0 Å². The number of benzene rings is 1. The molecular formula is C16H25NO4. The highest BCUT2D eigenvalue weighted by molar-refractivity contribution is 5.55. The van der Waals surface area contributed by atoms with Crippen LogP contribution in [0.4, 0.5) is 0 Å². The predicted molar refractivity (Wildman–Crippen MR) is 81.1 cm³/mol. The molecule has 21 heavy (non-hydrogen) atoms. The lowest BCUT2D eigenvalue weighted by Gasteiger charge is -2.10. The molecule has 1 aromatic rings. The summed E-state index contributed by atoms with van der Waals surface area (Å²) in [6.07, 6.45) is 2.50. The molecule has 0 unspecified atom stereocenters. The van der Waals surface area contributed by atoms with Crippen molar-refractivity contribution in [3.8, 4) is 17.2 Å². The van der Waals surface area contributed by atoms with E-state index in [9.17, 15) is 0 Å². The van der Waals surface area contributed by atoms with Crippen LogP contribution in [0, 0.1) is 0 Å². The fourth-order valence-corrected chi connectivity index (χ4v) is 2.19. The summed E-state index contributed by atoms with van der Waals surface area (Å²) in [4.78, 5) is 0. The molecule has 0 amide bonds. The summed E-state index contributed by atoms with van der Waals surface area (Å²) in [6, 6.07) is 3.99. The first kappa shape index (κ1) is 15.9. The molecule has 5 heteroatoms. The van der Waals surface area contributed by atoms with Crippen molar-refractivity contribution in [3.63, 3.8) is 0 Å². The average Bonchev–Trinajstić information content (AvgIpc) is 2.93. The van der Waals surface area contributed by atoms with Crippen LogP contribution in [0.1, 0.15) is 32.3 Å². The number of hydrogen-bond donors (Lipinski definition) is 1. The molecule has 1 N–H and O–H groups in total. The van der Waals surface area contributed by atoms with Gasteiger partial charge in [-0.3, -0.25) is 0 Å². The topological polar surface area (TPSA) is 49.0 Å². The van der Waals surface area contributed by atoms with E-state index in [1.54, 1.807) is 7.11 Å². The van der Waals surface area contributed by atoms with Crippen LogP contribution in [-0.4, -0.2) is 33.2 Å². The van der Waals surface area contributed by atoms with Crippen LogP contribution in [0.3, 0.4) is 0 Å². The van der Waals surface area contributed by atoms with E-state index in [0.717, 1.165) is 49.6 Å². The molecule has 0 spiro atoms. The molecule has 2 rings (SSSR count). The van der Waals surface area contributed by atoms with Gasteiger partial charge in [-0.05, 0) is 50.9 Å². The monoisotopic (exact) mass is 295 g/mol. The maximum atomic E-state index is 5.51. The molecule has 0 radical (unpaired) electrons. The van der Waals surface area contributed by atoms with E-state index in [4.69, 9.17) is 18.9 Å². The summed E-state index contributed by atoms with van der Waals surface area (Å²) < 4.78 is 21.6. The van der Waals surface area contributed by atoms with E-state index in [2.05, 4.69) is 19.2 Å². The van der Waals surface area contributed by atoms with Crippen molar-refractivity contribution in [1.82, 2.24) is 5.32 Å². The number of fused-ring (bicyclic) bond motifs is 1. The Hall–Kier alpha value is -1.46. The summed E-state index contributed by atoms with van der Waals surface area (Å²) in [7, 11) is 1.64. The molecule has 0 saturated heterocycles. The second-order valence-electron chi connectivity index (χ2n) is 5.34. The van der Waals surface area contributed by atoms with Gasteiger partial charge in [-0.1, -0.05) is 0 Å². The van der Waals surface area contributed by atoms with Gasteiger partial charge in [-0.15, -0.1) is 0 Å². The van der Waals surface area contributed by atoms with Gasteiger partial charge in [0.1, 0.15) is 0 Å². The molecular weight excluding hydrogens is 270 g/mol. The van der Waals surface area contributed by atoms with Gasteiger partial charge in [0.05, 0.1) is 13.2 Å². The Morgan fingerprint density at radius 3 is 2.86 bits per heavy atom. The van der Waals surface area contributed by atoms with Gasteiger partial charge in [0.15, 0.2) is 11.5 Å². The van der Waals surface area contributed by atoms with Gasteiger partial charge in [0.25, 0.3) is 0 Å². The maximum absolute atomic E-state index is 5.51. The number of rotatable bonds is 9. The van der Waals surface area contributed by atoms with Crippen molar-refractivity contribution in [2.45, 2.75) is 39.3 Å². The molecule has 0 fully saturated rings. The number of nitrogens with one attached hydrogen (secondary N) is 1.